The molecule has 1 aliphatic rings. The van der Waals surface area contributed by atoms with Gasteiger partial charge in [-0.1, -0.05) is 6.07 Å². The van der Waals surface area contributed by atoms with E-state index in [1.807, 2.05) is 18.2 Å². The second kappa shape index (κ2) is 7.51. The molecule has 142 valence electrons. The van der Waals surface area contributed by atoms with E-state index in [9.17, 15) is 13.6 Å². The maximum Gasteiger partial charge on any atom is 0.257 e. The number of hydrogen-bond acceptors (Lipinski definition) is 5. The van der Waals surface area contributed by atoms with Gasteiger partial charge in [-0.2, -0.15) is 0 Å². The highest BCUT2D eigenvalue weighted by molar-refractivity contribution is 6.04. The average Bonchev–Trinajstić information content (AvgIpc) is 3.17. The topological polar surface area (TPSA) is 72.5 Å². The van der Waals surface area contributed by atoms with E-state index in [2.05, 4.69) is 15.6 Å². The summed E-state index contributed by atoms with van der Waals surface area (Å²) < 4.78 is 37.2. The number of ether oxygens (including phenoxy) is 2. The van der Waals surface area contributed by atoms with Gasteiger partial charge < -0.3 is 20.1 Å². The molecular formula is C20H15F2N3O3. The minimum absolute atomic E-state index is 0.101. The molecule has 0 saturated carbocycles. The number of hydrogen-bond donors (Lipinski definition) is 2. The minimum atomic E-state index is -0.844. The first-order valence-corrected chi connectivity index (χ1v) is 8.43. The second-order valence-electron chi connectivity index (χ2n) is 6.05. The van der Waals surface area contributed by atoms with Gasteiger partial charge in [0.2, 0.25) is 6.79 Å². The van der Waals surface area contributed by atoms with E-state index in [0.717, 1.165) is 23.4 Å². The van der Waals surface area contributed by atoms with Gasteiger partial charge in [0.1, 0.15) is 17.5 Å². The molecule has 0 saturated heterocycles. The van der Waals surface area contributed by atoms with E-state index >= 15 is 0 Å². The van der Waals surface area contributed by atoms with Crippen molar-refractivity contribution in [3.63, 3.8) is 0 Å². The van der Waals surface area contributed by atoms with Gasteiger partial charge in [0, 0.05) is 18.8 Å². The SMILES string of the molecule is O=C(Nc1ccc(F)cc1F)c1ccc(NCc2ccc3c(c2)OCO3)nc1. The second-order valence-corrected chi connectivity index (χ2v) is 6.05. The van der Waals surface area contributed by atoms with Crippen LogP contribution in [0.2, 0.25) is 0 Å². The Morgan fingerprint density at radius 1 is 1.04 bits per heavy atom. The third kappa shape index (κ3) is 3.85. The van der Waals surface area contributed by atoms with Gasteiger partial charge in [-0.05, 0) is 42.0 Å². The van der Waals surface area contributed by atoms with Crippen LogP contribution in [0.1, 0.15) is 15.9 Å². The number of nitrogens with zero attached hydrogens (tertiary/aromatic N) is 1. The van der Waals surface area contributed by atoms with Crippen LogP contribution in [0, 0.1) is 11.6 Å². The Hall–Kier alpha value is -3.68. The zero-order valence-corrected chi connectivity index (χ0v) is 14.5. The highest BCUT2D eigenvalue weighted by Gasteiger charge is 2.13. The van der Waals surface area contributed by atoms with Crippen LogP contribution in [0.4, 0.5) is 20.3 Å². The Morgan fingerprint density at radius 3 is 2.68 bits per heavy atom. The molecule has 0 bridgehead atoms. The van der Waals surface area contributed by atoms with Crippen molar-refractivity contribution in [1.29, 1.82) is 0 Å². The molecule has 6 nitrogen and oxygen atoms in total. The maximum atomic E-state index is 13.6. The van der Waals surface area contributed by atoms with Crippen molar-refractivity contribution in [2.24, 2.45) is 0 Å². The van der Waals surface area contributed by atoms with Gasteiger partial charge >= 0.3 is 0 Å². The van der Waals surface area contributed by atoms with Crippen molar-refractivity contribution >= 4 is 17.4 Å². The van der Waals surface area contributed by atoms with Gasteiger partial charge in [-0.25, -0.2) is 13.8 Å². The minimum Gasteiger partial charge on any atom is -0.454 e. The molecule has 0 unspecified atom stereocenters. The molecule has 0 fully saturated rings. The standard InChI is InChI=1S/C20H15F2N3O3/c21-14-3-4-16(15(22)8-14)25-20(26)13-2-6-19(24-10-13)23-9-12-1-5-17-18(7-12)28-11-27-17/h1-8,10H,9,11H2,(H,23,24)(H,25,26). The highest BCUT2D eigenvalue weighted by Crippen LogP contribution is 2.32. The van der Waals surface area contributed by atoms with Crippen molar-refractivity contribution < 1.29 is 23.0 Å². The van der Waals surface area contributed by atoms with E-state index in [1.54, 1.807) is 12.1 Å². The van der Waals surface area contributed by atoms with Crippen LogP contribution in [-0.2, 0) is 6.54 Å². The molecule has 1 aromatic heterocycles. The highest BCUT2D eigenvalue weighted by atomic mass is 19.1. The summed E-state index contributed by atoms with van der Waals surface area (Å²) in [5.74, 6) is -0.108. The Bertz CT molecular complexity index is 1030. The van der Waals surface area contributed by atoms with Crippen molar-refractivity contribution in [3.05, 3.63) is 77.5 Å². The molecule has 2 aromatic carbocycles. The third-order valence-corrected chi connectivity index (χ3v) is 4.12. The summed E-state index contributed by atoms with van der Waals surface area (Å²) in [7, 11) is 0. The first-order valence-electron chi connectivity index (χ1n) is 8.43. The molecule has 0 atom stereocenters. The van der Waals surface area contributed by atoms with E-state index in [0.29, 0.717) is 24.2 Å². The van der Waals surface area contributed by atoms with E-state index in [1.165, 1.54) is 6.20 Å². The Kier molecular flexibility index (Phi) is 4.76. The van der Waals surface area contributed by atoms with E-state index < -0.39 is 17.5 Å². The smallest absolute Gasteiger partial charge is 0.257 e. The van der Waals surface area contributed by atoms with Gasteiger partial charge in [0.05, 0.1) is 11.3 Å². The zero-order chi connectivity index (χ0) is 19.5. The molecule has 0 aliphatic carbocycles. The maximum absolute atomic E-state index is 13.6. The lowest BCUT2D eigenvalue weighted by Gasteiger charge is -2.09. The molecular weight excluding hydrogens is 368 g/mol. The summed E-state index contributed by atoms with van der Waals surface area (Å²) in [5, 5.41) is 5.53. The number of carbonyl (C=O) groups is 1. The number of rotatable bonds is 5. The molecule has 28 heavy (non-hydrogen) atoms. The predicted molar refractivity (Wildman–Crippen MR) is 98.4 cm³/mol. The van der Waals surface area contributed by atoms with Crippen LogP contribution >= 0.6 is 0 Å². The van der Waals surface area contributed by atoms with Crippen LogP contribution in [0.25, 0.3) is 0 Å². The van der Waals surface area contributed by atoms with E-state index in [-0.39, 0.29) is 18.0 Å². The number of carbonyl (C=O) groups excluding carboxylic acids is 1. The largest absolute Gasteiger partial charge is 0.454 e. The number of fused-ring (bicyclic) bond motifs is 1. The normalized spacial score (nSPS) is 11.9. The molecule has 2 N–H and O–H groups in total. The van der Waals surface area contributed by atoms with Crippen LogP contribution in [0.5, 0.6) is 11.5 Å². The van der Waals surface area contributed by atoms with Crippen LogP contribution < -0.4 is 20.1 Å². The number of benzene rings is 2. The quantitative estimate of drug-likeness (QED) is 0.698. The Labute approximate surface area is 159 Å². The monoisotopic (exact) mass is 383 g/mol. The summed E-state index contributed by atoms with van der Waals surface area (Å²) >= 11 is 0. The molecule has 0 radical (unpaired) electrons. The fourth-order valence-electron chi connectivity index (χ4n) is 2.66. The summed E-state index contributed by atoms with van der Waals surface area (Å²) in [5.41, 5.74) is 1.13. The third-order valence-electron chi connectivity index (χ3n) is 4.12. The van der Waals surface area contributed by atoms with E-state index in [4.69, 9.17) is 9.47 Å². The lowest BCUT2D eigenvalue weighted by molar-refractivity contribution is 0.102. The fraction of sp³-hybridized carbons (Fsp3) is 0.100. The zero-order valence-electron chi connectivity index (χ0n) is 14.5. The molecule has 0 spiro atoms. The first kappa shape index (κ1) is 17.7. The summed E-state index contributed by atoms with van der Waals surface area (Å²) in [6.07, 6.45) is 1.37. The Morgan fingerprint density at radius 2 is 1.89 bits per heavy atom. The lowest BCUT2D eigenvalue weighted by atomic mass is 10.2. The molecule has 4 rings (SSSR count). The van der Waals surface area contributed by atoms with Crippen LogP contribution in [-0.4, -0.2) is 17.7 Å². The van der Waals surface area contributed by atoms with Crippen molar-refractivity contribution in [1.82, 2.24) is 4.98 Å². The fourth-order valence-corrected chi connectivity index (χ4v) is 2.66. The summed E-state index contributed by atoms with van der Waals surface area (Å²) in [6.45, 7) is 0.731. The van der Waals surface area contributed by atoms with Gasteiger partial charge in [-0.15, -0.1) is 0 Å². The number of anilines is 2. The van der Waals surface area contributed by atoms with Crippen molar-refractivity contribution in [2.45, 2.75) is 6.54 Å². The van der Waals surface area contributed by atoms with Crippen LogP contribution in [0.15, 0.2) is 54.7 Å². The van der Waals surface area contributed by atoms with Crippen LogP contribution in [0.3, 0.4) is 0 Å². The molecule has 3 aromatic rings. The predicted octanol–water partition coefficient (Wildman–Crippen LogP) is 3.95. The van der Waals surface area contributed by atoms with Gasteiger partial charge in [-0.3, -0.25) is 4.79 Å². The Balaban J connectivity index is 1.37. The summed E-state index contributed by atoms with van der Waals surface area (Å²) in [6, 6.07) is 11.8. The van der Waals surface area contributed by atoms with Gasteiger partial charge in [0.15, 0.2) is 11.5 Å². The summed E-state index contributed by atoms with van der Waals surface area (Å²) in [4.78, 5) is 16.4. The average molecular weight is 383 g/mol. The lowest BCUT2D eigenvalue weighted by Crippen LogP contribution is -2.13. The molecule has 1 aliphatic heterocycles. The van der Waals surface area contributed by atoms with Crippen molar-refractivity contribution in [3.8, 4) is 11.5 Å². The van der Waals surface area contributed by atoms with Gasteiger partial charge in [0.25, 0.3) is 5.91 Å². The number of halogens is 2. The first-order chi connectivity index (χ1) is 13.6. The number of nitrogens with one attached hydrogen (secondary N) is 2. The number of amides is 1. The number of pyridine rings is 1. The van der Waals surface area contributed by atoms with Crippen molar-refractivity contribution in [2.75, 3.05) is 17.4 Å². The number of aromatic nitrogens is 1. The molecule has 2 heterocycles. The molecule has 1 amide bonds. The molecule has 8 heteroatoms.